The topological polar surface area (TPSA) is 200 Å². The van der Waals surface area contributed by atoms with Crippen molar-refractivity contribution in [2.45, 2.75) is 23.3 Å². The molecule has 1 aromatic heterocycles. The number of sulfonamides is 1. The first kappa shape index (κ1) is 26.4. The van der Waals surface area contributed by atoms with E-state index >= 15 is 0 Å². The Hall–Kier alpha value is -4.62. The summed E-state index contributed by atoms with van der Waals surface area (Å²) in [5, 5.41) is 19.6. The van der Waals surface area contributed by atoms with Gasteiger partial charge in [-0.25, -0.2) is 18.5 Å². The summed E-state index contributed by atoms with van der Waals surface area (Å²) in [7, 11) is -2.77. The third-order valence-corrected chi connectivity index (χ3v) is 6.84. The third-order valence-electron chi connectivity index (χ3n) is 5.87. The maximum atomic E-state index is 13.4. The number of nitrogens with two attached hydrogens (primary N) is 2. The average Bonchev–Trinajstić information content (AvgIpc) is 3.34. The standard InChI is InChI=1S/C25H24N6O6S/c1-36-22(32)13-25(12-19(31-37-25)15-5-4-6-16(11-15)23(26)27)24(33)30-21-10-9-17(14-29-21)18-7-2-3-8-20(18)38(28,34)35/h2-11,14H,12-13H2,1H3,(H3,26,27)(H2,28,34,35)(H,29,30,33)/t25-/m0/s1. The Bertz CT molecular complexity index is 1550. The molecular formula is C25H24N6O6S. The molecule has 1 amide bonds. The first-order chi connectivity index (χ1) is 18.0. The molecule has 38 heavy (non-hydrogen) atoms. The lowest BCUT2D eigenvalue weighted by Gasteiger charge is -2.24. The molecule has 2 aromatic carbocycles. The van der Waals surface area contributed by atoms with E-state index in [4.69, 9.17) is 25.9 Å². The summed E-state index contributed by atoms with van der Waals surface area (Å²) in [6.07, 6.45) is 0.904. The fourth-order valence-electron chi connectivity index (χ4n) is 3.91. The Labute approximate surface area is 218 Å². The number of hydrogen-bond acceptors (Lipinski definition) is 9. The zero-order valence-electron chi connectivity index (χ0n) is 20.2. The van der Waals surface area contributed by atoms with E-state index in [-0.39, 0.29) is 23.0 Å². The van der Waals surface area contributed by atoms with Crippen LogP contribution in [0.1, 0.15) is 24.0 Å². The Morgan fingerprint density at radius 2 is 1.89 bits per heavy atom. The van der Waals surface area contributed by atoms with Crippen molar-refractivity contribution in [3.05, 3.63) is 78.0 Å². The van der Waals surface area contributed by atoms with E-state index in [1.165, 1.54) is 25.4 Å². The predicted molar refractivity (Wildman–Crippen MR) is 139 cm³/mol. The maximum Gasteiger partial charge on any atom is 0.310 e. The number of ether oxygens (including phenoxy) is 1. The number of oxime groups is 1. The fraction of sp³-hybridized carbons (Fsp3) is 0.160. The number of esters is 1. The molecule has 1 aliphatic rings. The molecule has 0 radical (unpaired) electrons. The van der Waals surface area contributed by atoms with E-state index in [2.05, 4.69) is 15.5 Å². The van der Waals surface area contributed by atoms with Gasteiger partial charge in [-0.1, -0.05) is 41.6 Å². The smallest absolute Gasteiger partial charge is 0.310 e. The van der Waals surface area contributed by atoms with Gasteiger partial charge in [0.25, 0.3) is 5.91 Å². The van der Waals surface area contributed by atoms with E-state index in [0.29, 0.717) is 28.0 Å². The number of carbonyl (C=O) groups is 2. The summed E-state index contributed by atoms with van der Waals surface area (Å²) in [6.45, 7) is 0. The van der Waals surface area contributed by atoms with Crippen LogP contribution >= 0.6 is 0 Å². The highest BCUT2D eigenvalue weighted by Gasteiger charge is 2.49. The van der Waals surface area contributed by atoms with Gasteiger partial charge in [0, 0.05) is 34.9 Å². The van der Waals surface area contributed by atoms with Gasteiger partial charge in [0.2, 0.25) is 15.6 Å². The van der Waals surface area contributed by atoms with E-state index in [9.17, 15) is 18.0 Å². The molecular weight excluding hydrogens is 512 g/mol. The van der Waals surface area contributed by atoms with Crippen molar-refractivity contribution >= 4 is 39.3 Å². The van der Waals surface area contributed by atoms with Crippen LogP contribution in [0.25, 0.3) is 11.1 Å². The lowest BCUT2D eigenvalue weighted by molar-refractivity contribution is -0.155. The van der Waals surface area contributed by atoms with Crippen molar-refractivity contribution in [2.24, 2.45) is 16.0 Å². The predicted octanol–water partition coefficient (Wildman–Crippen LogP) is 1.75. The minimum atomic E-state index is -3.97. The van der Waals surface area contributed by atoms with Gasteiger partial charge in [0.1, 0.15) is 11.7 Å². The second kappa shape index (κ2) is 10.4. The van der Waals surface area contributed by atoms with Crippen LogP contribution in [0.5, 0.6) is 0 Å². The third kappa shape index (κ3) is 5.53. The molecule has 196 valence electrons. The molecule has 1 atom stereocenters. The summed E-state index contributed by atoms with van der Waals surface area (Å²) < 4.78 is 28.6. The Balaban J connectivity index is 1.57. The van der Waals surface area contributed by atoms with E-state index in [0.717, 1.165) is 0 Å². The normalized spacial score (nSPS) is 16.7. The molecule has 0 bridgehead atoms. The molecule has 0 saturated carbocycles. The number of nitrogen functional groups attached to an aromatic ring is 1. The van der Waals surface area contributed by atoms with Gasteiger partial charge in [-0.15, -0.1) is 0 Å². The van der Waals surface area contributed by atoms with E-state index in [1.54, 1.807) is 48.5 Å². The lowest BCUT2D eigenvalue weighted by atomic mass is 9.89. The Morgan fingerprint density at radius 3 is 2.55 bits per heavy atom. The van der Waals surface area contributed by atoms with Gasteiger partial charge in [-0.05, 0) is 24.3 Å². The number of carbonyl (C=O) groups excluding carboxylic acids is 2. The van der Waals surface area contributed by atoms with E-state index < -0.39 is 33.9 Å². The van der Waals surface area contributed by atoms with Crippen LogP contribution in [-0.4, -0.2) is 49.5 Å². The maximum absolute atomic E-state index is 13.4. The number of nitrogens with one attached hydrogen (secondary N) is 2. The summed E-state index contributed by atoms with van der Waals surface area (Å²) >= 11 is 0. The number of pyridine rings is 1. The van der Waals surface area contributed by atoms with Gasteiger partial charge in [0.05, 0.1) is 24.1 Å². The first-order valence-corrected chi connectivity index (χ1v) is 12.7. The van der Waals surface area contributed by atoms with Crippen molar-refractivity contribution in [3.63, 3.8) is 0 Å². The Morgan fingerprint density at radius 1 is 1.13 bits per heavy atom. The van der Waals surface area contributed by atoms with Crippen LogP contribution in [0.15, 0.2) is 76.9 Å². The second-order valence-corrected chi connectivity index (χ2v) is 10.0. The monoisotopic (exact) mass is 536 g/mol. The quantitative estimate of drug-likeness (QED) is 0.189. The van der Waals surface area contributed by atoms with Gasteiger partial charge in [-0.3, -0.25) is 15.0 Å². The number of aromatic nitrogens is 1. The van der Waals surface area contributed by atoms with Crippen LogP contribution in [-0.2, 0) is 29.2 Å². The van der Waals surface area contributed by atoms with Crippen molar-refractivity contribution in [2.75, 3.05) is 12.4 Å². The summed E-state index contributed by atoms with van der Waals surface area (Å²) in [6, 6.07) is 16.0. The zero-order valence-corrected chi connectivity index (χ0v) is 21.0. The number of nitrogens with zero attached hydrogens (tertiary/aromatic N) is 2. The lowest BCUT2D eigenvalue weighted by Crippen LogP contribution is -2.45. The molecule has 0 fully saturated rings. The molecule has 6 N–H and O–H groups in total. The minimum Gasteiger partial charge on any atom is -0.469 e. The van der Waals surface area contributed by atoms with Crippen molar-refractivity contribution in [3.8, 4) is 11.1 Å². The average molecular weight is 537 g/mol. The number of rotatable bonds is 8. The number of hydrogen-bond donors (Lipinski definition) is 4. The van der Waals surface area contributed by atoms with Gasteiger partial charge in [0.15, 0.2) is 0 Å². The van der Waals surface area contributed by atoms with Gasteiger partial charge in [-0.2, -0.15) is 0 Å². The van der Waals surface area contributed by atoms with Gasteiger partial charge < -0.3 is 20.6 Å². The molecule has 12 nitrogen and oxygen atoms in total. The summed E-state index contributed by atoms with van der Waals surface area (Å²) in [5.41, 5.74) is 6.11. The van der Waals surface area contributed by atoms with E-state index in [1.807, 2.05) is 0 Å². The van der Waals surface area contributed by atoms with Crippen molar-refractivity contribution in [1.29, 1.82) is 5.41 Å². The van der Waals surface area contributed by atoms with Gasteiger partial charge >= 0.3 is 5.97 Å². The molecule has 13 heteroatoms. The van der Waals surface area contributed by atoms with Crippen LogP contribution in [0.2, 0.25) is 0 Å². The first-order valence-electron chi connectivity index (χ1n) is 11.2. The summed E-state index contributed by atoms with van der Waals surface area (Å²) in [4.78, 5) is 35.2. The molecule has 1 aliphatic heterocycles. The van der Waals surface area contributed by atoms with Crippen molar-refractivity contribution < 1.29 is 27.6 Å². The van der Waals surface area contributed by atoms with Crippen LogP contribution in [0.3, 0.4) is 0 Å². The highest BCUT2D eigenvalue weighted by molar-refractivity contribution is 7.89. The van der Waals surface area contributed by atoms with Crippen LogP contribution < -0.4 is 16.2 Å². The molecule has 4 rings (SSSR count). The molecule has 2 heterocycles. The molecule has 0 saturated heterocycles. The fourth-order valence-corrected chi connectivity index (χ4v) is 4.67. The zero-order chi connectivity index (χ0) is 27.5. The van der Waals surface area contributed by atoms with Crippen LogP contribution in [0.4, 0.5) is 5.82 Å². The number of methoxy groups -OCH3 is 1. The second-order valence-electron chi connectivity index (χ2n) is 8.48. The molecule has 0 spiro atoms. The van der Waals surface area contributed by atoms with Crippen molar-refractivity contribution in [1.82, 2.24) is 4.98 Å². The SMILES string of the molecule is COC(=O)C[C@]1(C(=O)Nc2ccc(-c3ccccc3S(N)(=O)=O)cn2)CC(c2cccc(C(=N)N)c2)=NO1. The Kier molecular flexibility index (Phi) is 7.23. The number of primary sulfonamides is 1. The van der Waals surface area contributed by atoms with Crippen LogP contribution in [0, 0.1) is 5.41 Å². The highest BCUT2D eigenvalue weighted by Crippen LogP contribution is 2.33. The number of benzene rings is 2. The number of anilines is 1. The molecule has 0 aliphatic carbocycles. The largest absolute Gasteiger partial charge is 0.469 e. The molecule has 0 unspecified atom stereocenters. The number of amides is 1. The summed E-state index contributed by atoms with van der Waals surface area (Å²) in [5.74, 6) is -1.37. The number of amidine groups is 1. The highest BCUT2D eigenvalue weighted by atomic mass is 32.2. The minimum absolute atomic E-state index is 0.0604. The molecule has 3 aromatic rings.